The third kappa shape index (κ3) is 2.33. The summed E-state index contributed by atoms with van der Waals surface area (Å²) in [7, 11) is 0. The first-order chi connectivity index (χ1) is 9.57. The Bertz CT molecular complexity index is 415. The summed E-state index contributed by atoms with van der Waals surface area (Å²) in [6.45, 7) is 4.81. The average Bonchev–Trinajstić information content (AvgIpc) is 3.28. The van der Waals surface area contributed by atoms with Gasteiger partial charge < -0.3 is 10.2 Å². The molecule has 112 valence electrons. The predicted octanol–water partition coefficient (Wildman–Crippen LogP) is 2.08. The summed E-state index contributed by atoms with van der Waals surface area (Å²) < 4.78 is 0. The number of piperazine rings is 1. The molecule has 0 bridgehead atoms. The standard InChI is InChI=1S/C16H26N2O2/c1-3-4-13-14(19)18(10-9-11-5-6-11)16(2,12-7-8-12)15(20)17-13/h11-13H,3-10H2,1-2H3,(H,17,20). The second-order valence-corrected chi connectivity index (χ2v) is 6.96. The average molecular weight is 278 g/mol. The highest BCUT2D eigenvalue weighted by Gasteiger charge is 2.56. The number of carbonyl (C=O) groups is 2. The lowest BCUT2D eigenvalue weighted by Gasteiger charge is -2.47. The molecule has 4 heteroatoms. The number of hydrogen-bond acceptors (Lipinski definition) is 2. The first kappa shape index (κ1) is 13.9. The van der Waals surface area contributed by atoms with Crippen molar-refractivity contribution in [2.24, 2.45) is 11.8 Å². The molecule has 20 heavy (non-hydrogen) atoms. The maximum Gasteiger partial charge on any atom is 0.246 e. The first-order valence-corrected chi connectivity index (χ1v) is 8.19. The van der Waals surface area contributed by atoms with Crippen molar-refractivity contribution in [3.05, 3.63) is 0 Å². The van der Waals surface area contributed by atoms with Crippen LogP contribution in [0.2, 0.25) is 0 Å². The first-order valence-electron chi connectivity index (χ1n) is 8.19. The predicted molar refractivity (Wildman–Crippen MR) is 77.0 cm³/mol. The van der Waals surface area contributed by atoms with Gasteiger partial charge in [-0.2, -0.15) is 0 Å². The van der Waals surface area contributed by atoms with E-state index in [4.69, 9.17) is 0 Å². The van der Waals surface area contributed by atoms with Crippen LogP contribution in [-0.2, 0) is 9.59 Å². The van der Waals surface area contributed by atoms with Crippen molar-refractivity contribution in [1.29, 1.82) is 0 Å². The van der Waals surface area contributed by atoms with Gasteiger partial charge in [0.15, 0.2) is 0 Å². The van der Waals surface area contributed by atoms with Crippen LogP contribution in [0.3, 0.4) is 0 Å². The van der Waals surface area contributed by atoms with Crippen LogP contribution in [0.1, 0.15) is 58.8 Å². The van der Waals surface area contributed by atoms with Crippen LogP contribution in [0, 0.1) is 11.8 Å². The third-order valence-electron chi connectivity index (χ3n) is 5.30. The second kappa shape index (κ2) is 5.05. The number of hydrogen-bond donors (Lipinski definition) is 1. The van der Waals surface area contributed by atoms with Gasteiger partial charge in [-0.3, -0.25) is 9.59 Å². The molecule has 0 radical (unpaired) electrons. The number of amides is 2. The van der Waals surface area contributed by atoms with Crippen molar-refractivity contribution in [2.45, 2.75) is 70.4 Å². The summed E-state index contributed by atoms with van der Waals surface area (Å²) in [6, 6.07) is -0.293. The second-order valence-electron chi connectivity index (χ2n) is 6.96. The van der Waals surface area contributed by atoms with Gasteiger partial charge in [0.05, 0.1) is 0 Å². The monoisotopic (exact) mass is 278 g/mol. The van der Waals surface area contributed by atoms with Crippen LogP contribution in [0.5, 0.6) is 0 Å². The zero-order valence-electron chi connectivity index (χ0n) is 12.7. The Kier molecular flexibility index (Phi) is 3.51. The maximum atomic E-state index is 12.8. The topological polar surface area (TPSA) is 49.4 Å². The van der Waals surface area contributed by atoms with Crippen LogP contribution in [0.4, 0.5) is 0 Å². The molecule has 3 rings (SSSR count). The van der Waals surface area contributed by atoms with E-state index >= 15 is 0 Å². The smallest absolute Gasteiger partial charge is 0.246 e. The largest absolute Gasteiger partial charge is 0.342 e. The van der Waals surface area contributed by atoms with Gasteiger partial charge in [0, 0.05) is 6.54 Å². The summed E-state index contributed by atoms with van der Waals surface area (Å²) in [5.41, 5.74) is -0.587. The fraction of sp³-hybridized carbons (Fsp3) is 0.875. The molecular formula is C16H26N2O2. The molecule has 0 aromatic carbocycles. The lowest BCUT2D eigenvalue weighted by molar-refractivity contribution is -0.158. The fourth-order valence-electron chi connectivity index (χ4n) is 3.50. The third-order valence-corrected chi connectivity index (χ3v) is 5.30. The molecule has 2 atom stereocenters. The molecule has 1 N–H and O–H groups in total. The van der Waals surface area contributed by atoms with E-state index in [1.165, 1.54) is 12.8 Å². The maximum absolute atomic E-state index is 12.8. The summed E-state index contributed by atoms with van der Waals surface area (Å²) in [6.07, 6.45) is 7.50. The Morgan fingerprint density at radius 2 is 1.90 bits per heavy atom. The van der Waals surface area contributed by atoms with Crippen molar-refractivity contribution in [2.75, 3.05) is 6.54 Å². The number of rotatable bonds is 6. The molecule has 1 aliphatic heterocycles. The quantitative estimate of drug-likeness (QED) is 0.808. The molecule has 1 heterocycles. The zero-order valence-corrected chi connectivity index (χ0v) is 12.7. The molecule has 0 aromatic heterocycles. The molecule has 0 aromatic rings. The Morgan fingerprint density at radius 1 is 1.20 bits per heavy atom. The lowest BCUT2D eigenvalue weighted by atomic mass is 9.87. The highest BCUT2D eigenvalue weighted by atomic mass is 16.2. The van der Waals surface area contributed by atoms with E-state index in [0.717, 1.165) is 44.6 Å². The molecule has 2 saturated carbocycles. The molecular weight excluding hydrogens is 252 g/mol. The Morgan fingerprint density at radius 3 is 2.45 bits per heavy atom. The summed E-state index contributed by atoms with van der Waals surface area (Å²) in [5, 5.41) is 2.98. The molecule has 4 nitrogen and oxygen atoms in total. The fourth-order valence-corrected chi connectivity index (χ4v) is 3.50. The summed E-state index contributed by atoms with van der Waals surface area (Å²) >= 11 is 0. The van der Waals surface area contributed by atoms with Crippen molar-refractivity contribution in [3.8, 4) is 0 Å². The number of nitrogens with one attached hydrogen (secondary N) is 1. The van der Waals surface area contributed by atoms with Gasteiger partial charge >= 0.3 is 0 Å². The highest BCUT2D eigenvalue weighted by Crippen LogP contribution is 2.45. The van der Waals surface area contributed by atoms with E-state index in [-0.39, 0.29) is 17.9 Å². The van der Waals surface area contributed by atoms with Crippen LogP contribution in [-0.4, -0.2) is 34.8 Å². The normalized spacial score (nSPS) is 34.3. The van der Waals surface area contributed by atoms with Crippen LogP contribution < -0.4 is 5.32 Å². The number of nitrogens with zero attached hydrogens (tertiary/aromatic N) is 1. The van der Waals surface area contributed by atoms with Crippen molar-refractivity contribution in [1.82, 2.24) is 10.2 Å². The van der Waals surface area contributed by atoms with E-state index in [1.54, 1.807) is 0 Å². The van der Waals surface area contributed by atoms with E-state index in [2.05, 4.69) is 12.2 Å². The SMILES string of the molecule is CCCC1NC(=O)C(C)(C2CC2)N(CCC2CC2)C1=O. The van der Waals surface area contributed by atoms with E-state index in [0.29, 0.717) is 5.92 Å². The van der Waals surface area contributed by atoms with Gasteiger partial charge in [0.2, 0.25) is 11.8 Å². The van der Waals surface area contributed by atoms with Crippen LogP contribution in [0.25, 0.3) is 0 Å². The van der Waals surface area contributed by atoms with Crippen molar-refractivity contribution >= 4 is 11.8 Å². The van der Waals surface area contributed by atoms with Crippen LogP contribution in [0.15, 0.2) is 0 Å². The van der Waals surface area contributed by atoms with Gasteiger partial charge in [-0.25, -0.2) is 0 Å². The van der Waals surface area contributed by atoms with Gasteiger partial charge in [-0.15, -0.1) is 0 Å². The van der Waals surface area contributed by atoms with E-state index in [9.17, 15) is 9.59 Å². The molecule has 2 amide bonds. The molecule has 0 spiro atoms. The van der Waals surface area contributed by atoms with Gasteiger partial charge in [0.25, 0.3) is 0 Å². The van der Waals surface area contributed by atoms with Gasteiger partial charge in [-0.05, 0) is 44.4 Å². The molecule has 2 unspecified atom stereocenters. The minimum absolute atomic E-state index is 0.0776. The van der Waals surface area contributed by atoms with E-state index < -0.39 is 5.54 Å². The Labute approximate surface area is 121 Å². The van der Waals surface area contributed by atoms with Crippen molar-refractivity contribution in [3.63, 3.8) is 0 Å². The lowest BCUT2D eigenvalue weighted by Crippen LogP contribution is -2.70. The van der Waals surface area contributed by atoms with Gasteiger partial charge in [-0.1, -0.05) is 26.2 Å². The van der Waals surface area contributed by atoms with E-state index in [1.807, 2.05) is 11.8 Å². The summed E-state index contributed by atoms with van der Waals surface area (Å²) in [4.78, 5) is 27.3. The molecule has 1 saturated heterocycles. The minimum atomic E-state index is -0.587. The Hall–Kier alpha value is -1.06. The van der Waals surface area contributed by atoms with Crippen molar-refractivity contribution < 1.29 is 9.59 Å². The Balaban J connectivity index is 1.79. The summed E-state index contributed by atoms with van der Waals surface area (Å²) in [5.74, 6) is 1.39. The highest BCUT2D eigenvalue weighted by molar-refractivity contribution is 6.00. The van der Waals surface area contributed by atoms with Crippen LogP contribution >= 0.6 is 0 Å². The number of carbonyl (C=O) groups excluding carboxylic acids is 2. The molecule has 2 aliphatic carbocycles. The zero-order chi connectivity index (χ0) is 14.3. The molecule has 3 aliphatic rings. The molecule has 3 fully saturated rings. The minimum Gasteiger partial charge on any atom is -0.342 e. The van der Waals surface area contributed by atoms with Gasteiger partial charge in [0.1, 0.15) is 11.6 Å².